The largest absolute Gasteiger partial charge is 0.456 e. The van der Waals surface area contributed by atoms with Crippen molar-refractivity contribution in [2.75, 3.05) is 0 Å². The predicted octanol–water partition coefficient (Wildman–Crippen LogP) is 20.8. The van der Waals surface area contributed by atoms with Crippen LogP contribution in [0.4, 0.5) is 0 Å². The van der Waals surface area contributed by atoms with Gasteiger partial charge in [0.1, 0.15) is 22.3 Å². The Labute approximate surface area is 429 Å². The number of aryl methyl sites for hydroxylation is 5. The van der Waals surface area contributed by atoms with Gasteiger partial charge >= 0.3 is 0 Å². The highest BCUT2D eigenvalue weighted by Gasteiger charge is 2.34. The van der Waals surface area contributed by atoms with Crippen LogP contribution in [0.25, 0.3) is 95.3 Å². The number of furan rings is 2. The van der Waals surface area contributed by atoms with Crippen LogP contribution in [0.2, 0.25) is 0 Å². The van der Waals surface area contributed by atoms with Crippen molar-refractivity contribution in [2.24, 2.45) is 0 Å². The maximum absolute atomic E-state index is 5.73. The zero-order valence-corrected chi connectivity index (χ0v) is 43.5. The van der Waals surface area contributed by atoms with Gasteiger partial charge in [-0.3, -0.25) is 0 Å². The van der Waals surface area contributed by atoms with Crippen LogP contribution in [0.3, 0.4) is 0 Å². The zero-order valence-electron chi connectivity index (χ0n) is 41.8. The average molecular weight is 969 g/mol. The Kier molecular flexibility index (Phi) is 12.6. The lowest BCUT2D eigenvalue weighted by Gasteiger charge is -2.21. The van der Waals surface area contributed by atoms with E-state index in [-0.39, 0.29) is 5.41 Å². The first-order valence-electron chi connectivity index (χ1n) is 24.7. The molecule has 1 aliphatic rings. The predicted molar refractivity (Wildman–Crippen MR) is 314 cm³/mol. The van der Waals surface area contributed by atoms with Crippen molar-refractivity contribution in [3.63, 3.8) is 0 Å². The van der Waals surface area contributed by atoms with Gasteiger partial charge in [0.05, 0.1) is 0 Å². The first kappa shape index (κ1) is 46.6. The van der Waals surface area contributed by atoms with Crippen LogP contribution in [-0.4, -0.2) is 0 Å². The Morgan fingerprint density at radius 3 is 1.56 bits per heavy atom. The highest BCUT2D eigenvalue weighted by Crippen LogP contribution is 2.48. The fourth-order valence-electron chi connectivity index (χ4n) is 10.4. The number of para-hydroxylation sites is 2. The summed E-state index contributed by atoms with van der Waals surface area (Å²) in [6, 6.07) is 74.7. The summed E-state index contributed by atoms with van der Waals surface area (Å²) in [5.74, 6) is 0. The molecule has 352 valence electrons. The molecule has 0 amide bonds. The Morgan fingerprint density at radius 1 is 0.306 bits per heavy atom. The van der Waals surface area contributed by atoms with Gasteiger partial charge in [0.15, 0.2) is 0 Å². The summed E-state index contributed by atoms with van der Waals surface area (Å²) in [6.45, 7) is 15.3. The number of rotatable bonds is 0. The van der Waals surface area contributed by atoms with Crippen molar-refractivity contribution in [2.45, 2.75) is 53.9 Å². The topological polar surface area (TPSA) is 26.3 Å². The van der Waals surface area contributed by atoms with Gasteiger partial charge in [-0.05, 0) is 129 Å². The Balaban J connectivity index is 0.0000000974. The van der Waals surface area contributed by atoms with Crippen LogP contribution in [-0.2, 0) is 5.41 Å². The van der Waals surface area contributed by atoms with Crippen LogP contribution in [0.5, 0.6) is 0 Å². The van der Waals surface area contributed by atoms with E-state index in [2.05, 4.69) is 206 Å². The third-order valence-electron chi connectivity index (χ3n) is 14.0. The molecular formula is C68H56O2S2. The van der Waals surface area contributed by atoms with Crippen molar-refractivity contribution in [3.8, 4) is 11.1 Å². The van der Waals surface area contributed by atoms with E-state index in [9.17, 15) is 0 Å². The normalized spacial score (nSPS) is 12.2. The van der Waals surface area contributed by atoms with E-state index in [0.717, 1.165) is 22.3 Å². The lowest BCUT2D eigenvalue weighted by molar-refractivity contribution is 0.660. The standard InChI is InChI=1S/C16H16.2C13H10O.2C13H10S/c1-11-8-9-13-12-6-4-5-7-14(12)16(2,3)15(13)10-11;1-9-5-4-8-12-13(9)10-6-2-3-7-11(10)14-12;1-9-6-7-13-11(8-9)10-4-2-3-5-12(10)14-13;1-9-5-4-8-12-13(9)10-6-2-3-7-11(10)14-12;1-9-6-7-13-11(8-9)10-4-2-3-5-12(10)14-13/h4-10H,1-3H3;4*2-8H,1H3. The van der Waals surface area contributed by atoms with Crippen LogP contribution < -0.4 is 0 Å². The van der Waals surface area contributed by atoms with Crippen molar-refractivity contribution >= 4 is 107 Å². The molecule has 0 saturated carbocycles. The quantitative estimate of drug-likeness (QED) is 0.151. The van der Waals surface area contributed by atoms with Gasteiger partial charge in [-0.2, -0.15) is 0 Å². The van der Waals surface area contributed by atoms with Gasteiger partial charge in [0, 0.05) is 67.3 Å². The summed E-state index contributed by atoms with van der Waals surface area (Å²) in [4.78, 5) is 0. The second-order valence-electron chi connectivity index (χ2n) is 19.5. The van der Waals surface area contributed by atoms with Gasteiger partial charge < -0.3 is 8.83 Å². The Hall–Kier alpha value is -7.76. The first-order valence-corrected chi connectivity index (χ1v) is 26.4. The molecule has 2 nitrogen and oxygen atoms in total. The molecule has 0 unspecified atom stereocenters. The highest BCUT2D eigenvalue weighted by molar-refractivity contribution is 7.26. The molecular weight excluding hydrogens is 913 g/mol. The van der Waals surface area contributed by atoms with E-state index in [1.54, 1.807) is 0 Å². The van der Waals surface area contributed by atoms with Crippen LogP contribution in [0.15, 0.2) is 221 Å². The maximum Gasteiger partial charge on any atom is 0.135 e. The van der Waals surface area contributed by atoms with E-state index in [1.165, 1.54) is 112 Å². The van der Waals surface area contributed by atoms with E-state index < -0.39 is 0 Å². The van der Waals surface area contributed by atoms with Gasteiger partial charge in [0.2, 0.25) is 0 Å². The number of thiophene rings is 2. The molecule has 0 N–H and O–H groups in total. The van der Waals surface area contributed by atoms with E-state index in [0.29, 0.717) is 0 Å². The van der Waals surface area contributed by atoms with Gasteiger partial charge in [-0.25, -0.2) is 0 Å². The maximum atomic E-state index is 5.73. The molecule has 0 spiro atoms. The molecule has 0 atom stereocenters. The Bertz CT molecular complexity index is 4040. The molecule has 14 aromatic rings. The molecule has 1 aliphatic carbocycles. The SMILES string of the molecule is Cc1ccc2c(c1)C(C)(C)c1ccccc1-2.Cc1ccc2oc3ccccc3c2c1.Cc1ccc2sc3ccccc3c2c1.Cc1cccc2oc3ccccc3c12.Cc1cccc2sc3ccccc3c12. The van der Waals surface area contributed by atoms with Gasteiger partial charge in [-0.1, -0.05) is 182 Å². The van der Waals surface area contributed by atoms with Crippen LogP contribution >= 0.6 is 22.7 Å². The Morgan fingerprint density at radius 2 is 0.778 bits per heavy atom. The summed E-state index contributed by atoms with van der Waals surface area (Å²) in [6.07, 6.45) is 0. The number of fused-ring (bicyclic) bond motifs is 15. The molecule has 0 aliphatic heterocycles. The minimum Gasteiger partial charge on any atom is -0.456 e. The number of benzene rings is 10. The highest BCUT2D eigenvalue weighted by atomic mass is 32.1. The minimum absolute atomic E-state index is 0.151. The zero-order chi connectivity index (χ0) is 49.5. The van der Waals surface area contributed by atoms with Crippen molar-refractivity contribution in [1.82, 2.24) is 0 Å². The smallest absolute Gasteiger partial charge is 0.135 e. The fraction of sp³-hybridized carbons (Fsp3) is 0.118. The summed E-state index contributed by atoms with van der Waals surface area (Å²) in [5.41, 5.74) is 16.4. The van der Waals surface area contributed by atoms with Gasteiger partial charge in [0.25, 0.3) is 0 Å². The molecule has 0 saturated heterocycles. The third kappa shape index (κ3) is 8.87. The molecule has 0 radical (unpaired) electrons. The second kappa shape index (κ2) is 19.4. The van der Waals surface area contributed by atoms with Crippen molar-refractivity contribution in [3.05, 3.63) is 251 Å². The summed E-state index contributed by atoms with van der Waals surface area (Å²) in [5, 5.41) is 10.5. The molecule has 10 aromatic carbocycles. The molecule has 4 aromatic heterocycles. The monoisotopic (exact) mass is 968 g/mol. The average Bonchev–Trinajstić information content (AvgIpc) is 4.21. The van der Waals surface area contributed by atoms with E-state index >= 15 is 0 Å². The van der Waals surface area contributed by atoms with Gasteiger partial charge in [-0.15, -0.1) is 22.7 Å². The van der Waals surface area contributed by atoms with Crippen LogP contribution in [0, 0.1) is 34.6 Å². The molecule has 72 heavy (non-hydrogen) atoms. The summed E-state index contributed by atoms with van der Waals surface area (Å²) in [7, 11) is 0. The second-order valence-corrected chi connectivity index (χ2v) is 21.7. The van der Waals surface area contributed by atoms with E-state index in [4.69, 9.17) is 8.83 Å². The molecule has 15 rings (SSSR count). The molecule has 4 heterocycles. The summed E-state index contributed by atoms with van der Waals surface area (Å²) < 4.78 is 17.0. The number of hydrogen-bond donors (Lipinski definition) is 0. The fourth-order valence-corrected chi connectivity index (χ4v) is 12.7. The molecule has 4 heteroatoms. The first-order chi connectivity index (χ1) is 35.0. The van der Waals surface area contributed by atoms with Crippen molar-refractivity contribution < 1.29 is 8.83 Å². The third-order valence-corrected chi connectivity index (χ3v) is 16.3. The number of hydrogen-bond acceptors (Lipinski definition) is 4. The molecule has 0 bridgehead atoms. The molecule has 0 fully saturated rings. The van der Waals surface area contributed by atoms with Crippen LogP contribution in [0.1, 0.15) is 52.8 Å². The van der Waals surface area contributed by atoms with Crippen molar-refractivity contribution in [1.29, 1.82) is 0 Å². The minimum atomic E-state index is 0.151. The lowest BCUT2D eigenvalue weighted by atomic mass is 9.82. The summed E-state index contributed by atoms with van der Waals surface area (Å²) >= 11 is 3.75. The van der Waals surface area contributed by atoms with E-state index in [1.807, 2.05) is 77.3 Å². The lowest BCUT2D eigenvalue weighted by Crippen LogP contribution is -2.14.